The summed E-state index contributed by atoms with van der Waals surface area (Å²) >= 11 is 0. The van der Waals surface area contributed by atoms with Crippen molar-refractivity contribution in [3.8, 4) is 16.9 Å². The highest BCUT2D eigenvalue weighted by molar-refractivity contribution is 5.67. The summed E-state index contributed by atoms with van der Waals surface area (Å²) in [6.45, 7) is 3.79. The first-order valence-corrected chi connectivity index (χ1v) is 8.43. The van der Waals surface area contributed by atoms with Crippen LogP contribution in [0.25, 0.3) is 11.1 Å². The fourth-order valence-electron chi connectivity index (χ4n) is 3.22. The third-order valence-electron chi connectivity index (χ3n) is 4.65. The van der Waals surface area contributed by atoms with Crippen LogP contribution in [0, 0.1) is 11.7 Å². The first kappa shape index (κ1) is 16.9. The molecule has 0 fully saturated rings. The van der Waals surface area contributed by atoms with E-state index in [-0.39, 0.29) is 18.6 Å². The average Bonchev–Trinajstić information content (AvgIpc) is 2.56. The number of alkyl halides is 2. The van der Waals surface area contributed by atoms with E-state index in [4.69, 9.17) is 4.74 Å². The van der Waals surface area contributed by atoms with Gasteiger partial charge in [-0.3, -0.25) is 0 Å². The Kier molecular flexibility index (Phi) is 4.57. The van der Waals surface area contributed by atoms with Gasteiger partial charge in [0, 0.05) is 5.56 Å². The molecule has 0 N–H and O–H groups in total. The van der Waals surface area contributed by atoms with Gasteiger partial charge in [-0.15, -0.1) is 0 Å². The van der Waals surface area contributed by atoms with E-state index in [1.165, 1.54) is 5.56 Å². The lowest BCUT2D eigenvalue weighted by molar-refractivity contribution is -0.225. The third-order valence-corrected chi connectivity index (χ3v) is 4.65. The van der Waals surface area contributed by atoms with Crippen LogP contribution >= 0.6 is 0 Å². The Labute approximate surface area is 140 Å². The van der Waals surface area contributed by atoms with Gasteiger partial charge in [0.1, 0.15) is 0 Å². The van der Waals surface area contributed by atoms with Crippen molar-refractivity contribution >= 4 is 0 Å². The molecular formula is C20H21F3O. The van der Waals surface area contributed by atoms with Crippen molar-refractivity contribution in [1.29, 1.82) is 0 Å². The van der Waals surface area contributed by atoms with E-state index in [0.29, 0.717) is 16.7 Å². The van der Waals surface area contributed by atoms with Gasteiger partial charge < -0.3 is 4.74 Å². The molecule has 0 amide bonds. The first-order valence-electron chi connectivity index (χ1n) is 8.43. The Morgan fingerprint density at radius 1 is 1.08 bits per heavy atom. The molecule has 2 aromatic carbocycles. The molecule has 1 atom stereocenters. The predicted molar refractivity (Wildman–Crippen MR) is 88.9 cm³/mol. The number of hydrogen-bond acceptors (Lipinski definition) is 1. The molecule has 24 heavy (non-hydrogen) atoms. The van der Waals surface area contributed by atoms with E-state index in [0.717, 1.165) is 12.8 Å². The minimum Gasteiger partial charge on any atom is -0.429 e. The van der Waals surface area contributed by atoms with Crippen LogP contribution in [-0.2, 0) is 12.8 Å². The molecule has 1 heterocycles. The lowest BCUT2D eigenvalue weighted by Gasteiger charge is -2.32. The van der Waals surface area contributed by atoms with Crippen molar-refractivity contribution in [3.05, 3.63) is 53.3 Å². The predicted octanol–water partition coefficient (Wildman–Crippen LogP) is 6.00. The smallest absolute Gasteiger partial charge is 0.401 e. The standard InChI is InChI=1S/C20H21F3O/c1-3-5-13-6-8-14(9-7-13)17-11-10-15-12-16(4-2)20(22,23)24-19(15)18(17)21/h6-11,16H,3-5,12H2,1-2H3. The molecule has 3 rings (SSSR count). The summed E-state index contributed by atoms with van der Waals surface area (Å²) in [6, 6.07) is 10.9. The van der Waals surface area contributed by atoms with Gasteiger partial charge in [-0.05, 0) is 36.0 Å². The molecule has 0 radical (unpaired) electrons. The van der Waals surface area contributed by atoms with Gasteiger partial charge in [-0.1, -0.05) is 56.7 Å². The monoisotopic (exact) mass is 334 g/mol. The summed E-state index contributed by atoms with van der Waals surface area (Å²) in [4.78, 5) is 0. The van der Waals surface area contributed by atoms with Crippen molar-refractivity contribution in [3.63, 3.8) is 0 Å². The number of halogens is 3. The molecule has 1 unspecified atom stereocenters. The van der Waals surface area contributed by atoms with Crippen molar-refractivity contribution in [2.45, 2.75) is 45.6 Å². The molecule has 2 aromatic rings. The van der Waals surface area contributed by atoms with Gasteiger partial charge in [-0.25, -0.2) is 4.39 Å². The molecule has 1 nitrogen and oxygen atoms in total. The molecular weight excluding hydrogens is 313 g/mol. The normalized spacial score (nSPS) is 18.8. The highest BCUT2D eigenvalue weighted by Gasteiger charge is 2.46. The van der Waals surface area contributed by atoms with Crippen molar-refractivity contribution in [2.75, 3.05) is 0 Å². The summed E-state index contributed by atoms with van der Waals surface area (Å²) in [5.74, 6) is -1.92. The highest BCUT2D eigenvalue weighted by atomic mass is 19.3. The average molecular weight is 334 g/mol. The van der Waals surface area contributed by atoms with Gasteiger partial charge >= 0.3 is 6.11 Å². The summed E-state index contributed by atoms with van der Waals surface area (Å²) in [5.41, 5.74) is 2.65. The van der Waals surface area contributed by atoms with Crippen LogP contribution in [0.2, 0.25) is 0 Å². The second kappa shape index (κ2) is 6.50. The maximum atomic E-state index is 14.8. The number of aryl methyl sites for hydroxylation is 1. The van der Waals surface area contributed by atoms with Crippen LogP contribution in [0.3, 0.4) is 0 Å². The summed E-state index contributed by atoms with van der Waals surface area (Å²) in [7, 11) is 0. The molecule has 0 aromatic heterocycles. The van der Waals surface area contributed by atoms with Gasteiger partial charge in [0.2, 0.25) is 0 Å². The Hall–Kier alpha value is -1.97. The number of fused-ring (bicyclic) bond motifs is 1. The molecule has 0 spiro atoms. The molecule has 4 heteroatoms. The van der Waals surface area contributed by atoms with Gasteiger partial charge in [-0.2, -0.15) is 8.78 Å². The number of ether oxygens (including phenoxy) is 1. The molecule has 1 aliphatic heterocycles. The lowest BCUT2D eigenvalue weighted by Crippen LogP contribution is -2.39. The summed E-state index contributed by atoms with van der Waals surface area (Å²) in [5, 5.41) is 0. The Morgan fingerprint density at radius 2 is 1.79 bits per heavy atom. The van der Waals surface area contributed by atoms with Crippen molar-refractivity contribution in [1.82, 2.24) is 0 Å². The summed E-state index contributed by atoms with van der Waals surface area (Å²) in [6.07, 6.45) is -0.916. The quantitative estimate of drug-likeness (QED) is 0.666. The van der Waals surface area contributed by atoms with Crippen LogP contribution < -0.4 is 4.74 Å². The van der Waals surface area contributed by atoms with E-state index in [9.17, 15) is 13.2 Å². The zero-order chi connectivity index (χ0) is 17.3. The van der Waals surface area contributed by atoms with Crippen LogP contribution in [-0.4, -0.2) is 6.11 Å². The number of hydrogen-bond donors (Lipinski definition) is 0. The fraction of sp³-hybridized carbons (Fsp3) is 0.400. The van der Waals surface area contributed by atoms with Gasteiger partial charge in [0.05, 0.1) is 5.92 Å². The summed E-state index contributed by atoms with van der Waals surface area (Å²) < 4.78 is 47.6. The third kappa shape index (κ3) is 3.02. The van der Waals surface area contributed by atoms with E-state index in [1.807, 2.05) is 24.3 Å². The fourth-order valence-corrected chi connectivity index (χ4v) is 3.22. The Balaban J connectivity index is 1.98. The van der Waals surface area contributed by atoms with Gasteiger partial charge in [0.25, 0.3) is 0 Å². The SMILES string of the molecule is CCCc1ccc(-c2ccc3c(c2F)OC(F)(F)C(CC)C3)cc1. The molecule has 0 aliphatic carbocycles. The maximum absolute atomic E-state index is 14.8. The topological polar surface area (TPSA) is 9.23 Å². The van der Waals surface area contributed by atoms with Crippen LogP contribution in [0.5, 0.6) is 5.75 Å². The minimum absolute atomic E-state index is 0.130. The van der Waals surface area contributed by atoms with Crippen LogP contribution in [0.1, 0.15) is 37.8 Å². The minimum atomic E-state index is -3.33. The van der Waals surface area contributed by atoms with E-state index < -0.39 is 17.8 Å². The second-order valence-corrected chi connectivity index (χ2v) is 6.34. The molecule has 1 aliphatic rings. The number of rotatable bonds is 4. The van der Waals surface area contributed by atoms with Crippen LogP contribution in [0.4, 0.5) is 13.2 Å². The van der Waals surface area contributed by atoms with E-state index >= 15 is 0 Å². The van der Waals surface area contributed by atoms with E-state index in [1.54, 1.807) is 19.1 Å². The highest BCUT2D eigenvalue weighted by Crippen LogP contribution is 2.44. The van der Waals surface area contributed by atoms with Gasteiger partial charge in [0.15, 0.2) is 11.6 Å². The second-order valence-electron chi connectivity index (χ2n) is 6.34. The Morgan fingerprint density at radius 3 is 2.42 bits per heavy atom. The molecule has 128 valence electrons. The molecule has 0 bridgehead atoms. The lowest BCUT2D eigenvalue weighted by atomic mass is 9.90. The largest absolute Gasteiger partial charge is 0.429 e. The zero-order valence-corrected chi connectivity index (χ0v) is 13.9. The zero-order valence-electron chi connectivity index (χ0n) is 13.9. The number of benzene rings is 2. The molecule has 0 saturated heterocycles. The Bertz CT molecular complexity index is 722. The van der Waals surface area contributed by atoms with Crippen molar-refractivity contribution < 1.29 is 17.9 Å². The molecule has 0 saturated carbocycles. The maximum Gasteiger partial charge on any atom is 0.401 e. The first-order chi connectivity index (χ1) is 11.5. The van der Waals surface area contributed by atoms with Crippen molar-refractivity contribution in [2.24, 2.45) is 5.92 Å². The van der Waals surface area contributed by atoms with Crippen LogP contribution in [0.15, 0.2) is 36.4 Å². The van der Waals surface area contributed by atoms with E-state index in [2.05, 4.69) is 6.92 Å².